The molecule has 1 aliphatic carbocycles. The molecule has 13 heteroatoms. The first-order valence-electron chi connectivity index (χ1n) is 15.2. The molecule has 2 bridgehead atoms. The lowest BCUT2D eigenvalue weighted by Crippen LogP contribution is -2.57. The number of hydrogen-bond acceptors (Lipinski definition) is 8. The molecular formula is C32H38N6O6S. The average molecular weight is 635 g/mol. The zero-order valence-corrected chi connectivity index (χ0v) is 26.2. The smallest absolute Gasteiger partial charge is 0.287 e. The largest absolute Gasteiger partial charge is 0.353 e. The Hall–Kier alpha value is -4.36. The van der Waals surface area contributed by atoms with E-state index in [1.54, 1.807) is 12.1 Å². The fraction of sp³-hybridized carbons (Fsp3) is 0.438. The highest BCUT2D eigenvalue weighted by Gasteiger charge is 2.37. The number of nitrogens with one attached hydrogen (secondary N) is 4. The number of likely N-dealkylation sites (N-methyl/N-ethyl adjacent to an activating group) is 1. The van der Waals surface area contributed by atoms with Crippen LogP contribution >= 0.6 is 11.3 Å². The lowest BCUT2D eigenvalue weighted by Gasteiger charge is -2.46. The number of thiophene rings is 1. The first kappa shape index (κ1) is 32.0. The van der Waals surface area contributed by atoms with Crippen molar-refractivity contribution in [2.45, 2.75) is 57.3 Å². The molecule has 2 aromatic heterocycles. The van der Waals surface area contributed by atoms with Crippen LogP contribution in [0.2, 0.25) is 0 Å². The number of hydrogen-bond donors (Lipinski definition) is 4. The van der Waals surface area contributed by atoms with Gasteiger partial charge in [-0.05, 0) is 74.2 Å². The third kappa shape index (κ3) is 7.66. The third-order valence-corrected chi connectivity index (χ3v) is 9.72. The second-order valence-electron chi connectivity index (χ2n) is 11.8. The summed E-state index contributed by atoms with van der Waals surface area (Å²) < 4.78 is 2.11. The van der Waals surface area contributed by atoms with Gasteiger partial charge in [-0.3, -0.25) is 33.7 Å². The van der Waals surface area contributed by atoms with Crippen LogP contribution in [0.15, 0.2) is 53.5 Å². The summed E-state index contributed by atoms with van der Waals surface area (Å²) in [6, 6.07) is 10.9. The summed E-state index contributed by atoms with van der Waals surface area (Å²) in [5.74, 6) is -2.08. The Balaban J connectivity index is 1.27. The van der Waals surface area contributed by atoms with E-state index in [4.69, 9.17) is 0 Å². The molecule has 4 amide bonds. The van der Waals surface area contributed by atoms with Crippen LogP contribution in [0.3, 0.4) is 0 Å². The van der Waals surface area contributed by atoms with Gasteiger partial charge in [-0.25, -0.2) is 0 Å². The van der Waals surface area contributed by atoms with Gasteiger partial charge in [0.1, 0.15) is 18.3 Å². The Labute approximate surface area is 264 Å². The lowest BCUT2D eigenvalue weighted by molar-refractivity contribution is -0.137. The summed E-state index contributed by atoms with van der Waals surface area (Å²) in [5.41, 5.74) is -0.675. The number of benzene rings is 1. The van der Waals surface area contributed by atoms with Crippen molar-refractivity contribution >= 4 is 56.5 Å². The second-order valence-corrected chi connectivity index (χ2v) is 12.9. The first-order chi connectivity index (χ1) is 21.6. The molecule has 3 unspecified atom stereocenters. The van der Waals surface area contributed by atoms with Gasteiger partial charge in [0.2, 0.25) is 17.6 Å². The zero-order chi connectivity index (χ0) is 32.1. The molecule has 2 aliphatic rings. The fourth-order valence-electron chi connectivity index (χ4n) is 6.36. The number of amides is 4. The molecule has 45 heavy (non-hydrogen) atoms. The molecule has 1 saturated heterocycles. The van der Waals surface area contributed by atoms with Crippen LogP contribution in [0, 0.1) is 11.8 Å². The minimum absolute atomic E-state index is 0.0843. The minimum atomic E-state index is -1.23. The van der Waals surface area contributed by atoms with Crippen molar-refractivity contribution in [3.8, 4) is 0 Å². The summed E-state index contributed by atoms with van der Waals surface area (Å²) >= 11 is 1.25. The molecule has 0 spiro atoms. The van der Waals surface area contributed by atoms with Gasteiger partial charge in [-0.1, -0.05) is 24.6 Å². The number of aromatic nitrogens is 1. The number of carbonyl (C=O) groups is 5. The molecule has 4 atom stereocenters. The molecule has 4 N–H and O–H groups in total. The number of piperidine rings is 1. The van der Waals surface area contributed by atoms with Gasteiger partial charge in [0.25, 0.3) is 17.4 Å². The summed E-state index contributed by atoms with van der Waals surface area (Å²) in [4.78, 5) is 79.4. The Morgan fingerprint density at radius 3 is 2.64 bits per heavy atom. The Bertz CT molecular complexity index is 1630. The van der Waals surface area contributed by atoms with E-state index in [2.05, 4.69) is 26.2 Å². The molecule has 238 valence electrons. The maximum Gasteiger partial charge on any atom is 0.287 e. The number of nitrogens with zero attached hydrogens (tertiary/aromatic N) is 2. The highest BCUT2D eigenvalue weighted by atomic mass is 32.1. The van der Waals surface area contributed by atoms with Crippen molar-refractivity contribution in [2.75, 3.05) is 26.0 Å². The first-order valence-corrected chi connectivity index (χ1v) is 16.0. The van der Waals surface area contributed by atoms with Crippen molar-refractivity contribution in [1.82, 2.24) is 25.4 Å². The van der Waals surface area contributed by atoms with E-state index < -0.39 is 35.1 Å². The number of anilines is 1. The van der Waals surface area contributed by atoms with Crippen LogP contribution in [0.1, 0.15) is 48.2 Å². The van der Waals surface area contributed by atoms with Crippen molar-refractivity contribution < 1.29 is 24.0 Å². The standard InChI is InChI=1S/C32H38N6O6S/c1-33-30(42)24(39)13-12-22(34-31(43)26-16-20-8-3-4-11-25(20)45-26)29(41)35-23-10-6-14-38(32(23)44)18-27(40)36-28-21-9-5-7-19(15-21)17-37(28)2/h3-4,6,8,10-11,14,16,19,21-22,28H,5,7,9,12-13,15,17-18H2,1-2H3,(H,33,42)(H,34,43)(H,35,41)(H,36,40)/t19?,21?,22-,28?/m0/s1. The summed E-state index contributed by atoms with van der Waals surface area (Å²) in [5, 5.41) is 11.4. The number of ketones is 1. The van der Waals surface area contributed by atoms with Crippen molar-refractivity contribution in [2.24, 2.45) is 11.8 Å². The van der Waals surface area contributed by atoms with Crippen LogP contribution in [0.4, 0.5) is 5.69 Å². The average Bonchev–Trinajstić information content (AvgIpc) is 3.47. The maximum atomic E-state index is 13.4. The molecule has 1 saturated carbocycles. The molecule has 3 heterocycles. The Morgan fingerprint density at radius 2 is 1.87 bits per heavy atom. The SMILES string of the molecule is CNC(=O)C(=O)CC[C@H](NC(=O)c1cc2ccccc2s1)C(=O)Nc1cccn(CC(=O)NC2C3CCCC(C3)CN2C)c1=O. The number of fused-ring (bicyclic) bond motifs is 3. The van der Waals surface area contributed by atoms with E-state index in [9.17, 15) is 28.8 Å². The summed E-state index contributed by atoms with van der Waals surface area (Å²) in [7, 11) is 3.34. The Morgan fingerprint density at radius 1 is 1.07 bits per heavy atom. The number of Topliss-reactive ketones (excluding diaryl/α,β-unsaturated/α-hetero) is 1. The van der Waals surface area contributed by atoms with Crippen molar-refractivity contribution in [3.05, 3.63) is 63.9 Å². The van der Waals surface area contributed by atoms with E-state index in [0.717, 1.165) is 35.9 Å². The summed E-state index contributed by atoms with van der Waals surface area (Å²) in [6.45, 7) is 0.702. The molecule has 1 aromatic carbocycles. The predicted octanol–water partition coefficient (Wildman–Crippen LogP) is 2.09. The van der Waals surface area contributed by atoms with Gasteiger partial charge in [0.15, 0.2) is 0 Å². The van der Waals surface area contributed by atoms with Gasteiger partial charge in [0, 0.05) is 30.9 Å². The molecular weight excluding hydrogens is 596 g/mol. The topological polar surface area (TPSA) is 159 Å². The van der Waals surface area contributed by atoms with Gasteiger partial charge < -0.3 is 25.8 Å². The van der Waals surface area contributed by atoms with Crippen LogP contribution in [-0.2, 0) is 25.7 Å². The molecule has 1 aliphatic heterocycles. The van der Waals surface area contributed by atoms with Crippen LogP contribution < -0.4 is 26.8 Å². The van der Waals surface area contributed by atoms with Gasteiger partial charge in [-0.2, -0.15) is 0 Å². The van der Waals surface area contributed by atoms with Crippen molar-refractivity contribution in [1.29, 1.82) is 0 Å². The Kier molecular flexibility index (Phi) is 10.1. The van der Waals surface area contributed by atoms with E-state index in [0.29, 0.717) is 16.7 Å². The van der Waals surface area contributed by atoms with E-state index in [1.807, 2.05) is 31.3 Å². The zero-order valence-electron chi connectivity index (χ0n) is 25.3. The van der Waals surface area contributed by atoms with E-state index in [1.165, 1.54) is 41.6 Å². The normalized spacial score (nSPS) is 20.2. The quantitative estimate of drug-likeness (QED) is 0.235. The maximum absolute atomic E-state index is 13.4. The fourth-order valence-corrected chi connectivity index (χ4v) is 7.32. The van der Waals surface area contributed by atoms with Crippen LogP contribution in [0.25, 0.3) is 10.1 Å². The molecule has 2 fully saturated rings. The van der Waals surface area contributed by atoms with Gasteiger partial charge in [0.05, 0.1) is 11.0 Å². The lowest BCUT2D eigenvalue weighted by atomic mass is 9.76. The number of carbonyl (C=O) groups excluding carboxylic acids is 5. The van der Waals surface area contributed by atoms with Gasteiger partial charge >= 0.3 is 0 Å². The predicted molar refractivity (Wildman–Crippen MR) is 171 cm³/mol. The highest BCUT2D eigenvalue weighted by molar-refractivity contribution is 7.20. The minimum Gasteiger partial charge on any atom is -0.353 e. The van der Waals surface area contributed by atoms with E-state index in [-0.39, 0.29) is 37.1 Å². The molecule has 3 aromatic rings. The number of rotatable bonds is 11. The molecule has 0 radical (unpaired) electrons. The third-order valence-electron chi connectivity index (χ3n) is 8.60. The summed E-state index contributed by atoms with van der Waals surface area (Å²) in [6.07, 6.45) is 5.43. The van der Waals surface area contributed by atoms with Crippen LogP contribution in [0.5, 0.6) is 0 Å². The number of likely N-dealkylation sites (tertiary alicyclic amines) is 1. The monoisotopic (exact) mass is 634 g/mol. The highest BCUT2D eigenvalue weighted by Crippen LogP contribution is 2.36. The molecule has 5 rings (SSSR count). The second kappa shape index (κ2) is 14.2. The molecule has 12 nitrogen and oxygen atoms in total. The van der Waals surface area contributed by atoms with Crippen molar-refractivity contribution in [3.63, 3.8) is 0 Å². The number of pyridine rings is 1. The van der Waals surface area contributed by atoms with E-state index >= 15 is 0 Å². The van der Waals surface area contributed by atoms with Gasteiger partial charge in [-0.15, -0.1) is 11.3 Å². The van der Waals surface area contributed by atoms with Crippen LogP contribution in [-0.4, -0.2) is 71.7 Å².